The Hall–Kier alpha value is -1.45. The summed E-state index contributed by atoms with van der Waals surface area (Å²) in [7, 11) is 0. The van der Waals surface area contributed by atoms with Crippen LogP contribution in [0, 0.1) is 0 Å². The maximum atomic E-state index is 9.97. The molecule has 0 spiro atoms. The van der Waals surface area contributed by atoms with E-state index in [1.807, 2.05) is 24.4 Å². The van der Waals surface area contributed by atoms with E-state index in [0.717, 1.165) is 30.4 Å². The van der Waals surface area contributed by atoms with Crippen molar-refractivity contribution in [3.63, 3.8) is 0 Å². The zero-order valence-corrected chi connectivity index (χ0v) is 12.9. The topological polar surface area (TPSA) is 39.3 Å². The van der Waals surface area contributed by atoms with Gasteiger partial charge in [-0.1, -0.05) is 12.1 Å². The molecule has 0 aliphatic heterocycles. The van der Waals surface area contributed by atoms with E-state index >= 15 is 0 Å². The number of fused-ring (bicyclic) bond motifs is 1. The van der Waals surface area contributed by atoms with Crippen LogP contribution in [0.3, 0.4) is 0 Å². The minimum absolute atomic E-state index is 0. The average Bonchev–Trinajstić information content (AvgIpc) is 2.79. The summed E-state index contributed by atoms with van der Waals surface area (Å²) in [5.74, 6) is 0.355. The molecule has 4 heteroatoms. The summed E-state index contributed by atoms with van der Waals surface area (Å²) in [4.78, 5) is 5.58. The number of aromatic hydroxyl groups is 1. The number of H-pyrrole nitrogens is 1. The molecule has 1 aromatic heterocycles. The van der Waals surface area contributed by atoms with E-state index in [4.69, 9.17) is 0 Å². The number of aromatic nitrogens is 1. The number of phenols is 1. The van der Waals surface area contributed by atoms with Crippen molar-refractivity contribution in [2.45, 2.75) is 26.3 Å². The first-order chi connectivity index (χ1) is 9.13. The second-order valence-electron chi connectivity index (χ2n) is 5.14. The minimum atomic E-state index is 0. The summed E-state index contributed by atoms with van der Waals surface area (Å²) in [5.41, 5.74) is 2.16. The molecule has 0 amide bonds. The summed E-state index contributed by atoms with van der Waals surface area (Å²) in [5, 5.41) is 10.9. The molecule has 0 bridgehead atoms. The molecule has 20 heavy (non-hydrogen) atoms. The molecule has 0 saturated carbocycles. The molecule has 2 rings (SSSR count). The van der Waals surface area contributed by atoms with Gasteiger partial charge in [0.05, 0.1) is 0 Å². The monoisotopic (exact) mass is 294 g/mol. The molecular weight excluding hydrogens is 272 g/mol. The highest BCUT2D eigenvalue weighted by Crippen LogP contribution is 2.27. The van der Waals surface area contributed by atoms with Crippen LogP contribution in [0.25, 0.3) is 10.9 Å². The van der Waals surface area contributed by atoms with Crippen LogP contribution < -0.4 is 0 Å². The number of hydrogen-bond acceptors (Lipinski definition) is 2. The predicted octanol–water partition coefficient (Wildman–Crippen LogP) is 3.73. The molecule has 0 aliphatic carbocycles. The molecule has 0 aliphatic rings. The Balaban J connectivity index is 0.00000200. The molecule has 0 atom stereocenters. The van der Waals surface area contributed by atoms with Gasteiger partial charge in [0.15, 0.2) is 0 Å². The van der Waals surface area contributed by atoms with E-state index in [2.05, 4.69) is 30.3 Å². The van der Waals surface area contributed by atoms with Crippen LogP contribution in [0.1, 0.15) is 19.4 Å². The van der Waals surface area contributed by atoms with E-state index in [9.17, 15) is 5.11 Å². The molecule has 0 saturated heterocycles. The van der Waals surface area contributed by atoms with Gasteiger partial charge < -0.3 is 10.1 Å². The van der Waals surface area contributed by atoms with Crippen molar-refractivity contribution in [2.24, 2.45) is 0 Å². The fourth-order valence-corrected chi connectivity index (χ4v) is 2.42. The number of halogens is 1. The normalized spacial score (nSPS) is 11.0. The third-order valence-electron chi connectivity index (χ3n) is 3.53. The second kappa shape index (κ2) is 7.36. The number of phenolic OH excluding ortho intramolecular Hbond substituents is 1. The summed E-state index contributed by atoms with van der Waals surface area (Å²) in [6.07, 6.45) is 4.85. The first-order valence-electron chi connectivity index (χ1n) is 6.76. The van der Waals surface area contributed by atoms with Crippen LogP contribution in [-0.2, 0) is 6.42 Å². The van der Waals surface area contributed by atoms with Crippen LogP contribution in [0.5, 0.6) is 5.75 Å². The Morgan fingerprint density at radius 1 is 1.40 bits per heavy atom. The predicted molar refractivity (Wildman–Crippen MR) is 87.8 cm³/mol. The van der Waals surface area contributed by atoms with Gasteiger partial charge in [-0.3, -0.25) is 4.90 Å². The molecule has 110 valence electrons. The maximum Gasteiger partial charge on any atom is 0.125 e. The van der Waals surface area contributed by atoms with Gasteiger partial charge in [0.1, 0.15) is 5.75 Å². The van der Waals surface area contributed by atoms with Gasteiger partial charge in [0.25, 0.3) is 0 Å². The zero-order chi connectivity index (χ0) is 13.8. The summed E-state index contributed by atoms with van der Waals surface area (Å²) >= 11 is 0. The Bertz CT molecular complexity index is 563. The van der Waals surface area contributed by atoms with E-state index < -0.39 is 0 Å². The van der Waals surface area contributed by atoms with Gasteiger partial charge in [-0.15, -0.1) is 19.0 Å². The van der Waals surface area contributed by atoms with E-state index in [1.165, 1.54) is 5.56 Å². The molecule has 0 radical (unpaired) electrons. The quantitative estimate of drug-likeness (QED) is 0.797. The van der Waals surface area contributed by atoms with Crippen molar-refractivity contribution in [1.29, 1.82) is 0 Å². The highest BCUT2D eigenvalue weighted by atomic mass is 35.5. The van der Waals surface area contributed by atoms with Crippen LogP contribution in [0.4, 0.5) is 0 Å². The van der Waals surface area contributed by atoms with Crippen molar-refractivity contribution in [2.75, 3.05) is 13.1 Å². The maximum absolute atomic E-state index is 9.97. The van der Waals surface area contributed by atoms with Crippen molar-refractivity contribution >= 4 is 23.3 Å². The lowest BCUT2D eigenvalue weighted by Gasteiger charge is -2.24. The molecule has 3 nitrogen and oxygen atoms in total. The summed E-state index contributed by atoms with van der Waals surface area (Å²) in [6, 6.07) is 6.08. The number of hydrogen-bond donors (Lipinski definition) is 2. The van der Waals surface area contributed by atoms with E-state index in [0.29, 0.717) is 11.8 Å². The van der Waals surface area contributed by atoms with Crippen LogP contribution in [0.2, 0.25) is 0 Å². The average molecular weight is 295 g/mol. The Kier molecular flexibility index (Phi) is 6.11. The third-order valence-corrected chi connectivity index (χ3v) is 3.53. The van der Waals surface area contributed by atoms with Crippen LogP contribution >= 0.6 is 12.4 Å². The van der Waals surface area contributed by atoms with Crippen LogP contribution in [-0.4, -0.2) is 34.1 Å². The van der Waals surface area contributed by atoms with Crippen molar-refractivity contribution in [1.82, 2.24) is 9.88 Å². The molecule has 0 fully saturated rings. The largest absolute Gasteiger partial charge is 0.507 e. The number of nitrogens with zero attached hydrogens (tertiary/aromatic N) is 1. The van der Waals surface area contributed by atoms with Gasteiger partial charge in [-0.2, -0.15) is 0 Å². The van der Waals surface area contributed by atoms with Gasteiger partial charge in [0, 0.05) is 36.2 Å². The zero-order valence-electron chi connectivity index (χ0n) is 12.1. The van der Waals surface area contributed by atoms with E-state index in [-0.39, 0.29) is 12.4 Å². The molecular formula is C16H23ClN2O. The Morgan fingerprint density at radius 2 is 2.15 bits per heavy atom. The number of nitrogens with one attached hydrogen (secondary N) is 1. The Morgan fingerprint density at radius 3 is 2.80 bits per heavy atom. The summed E-state index contributed by atoms with van der Waals surface area (Å²) < 4.78 is 0. The fourth-order valence-electron chi connectivity index (χ4n) is 2.42. The van der Waals surface area contributed by atoms with Gasteiger partial charge in [-0.25, -0.2) is 0 Å². The number of aromatic amines is 1. The first kappa shape index (κ1) is 16.6. The molecule has 1 aromatic carbocycles. The van der Waals surface area contributed by atoms with Gasteiger partial charge >= 0.3 is 0 Å². The lowest BCUT2D eigenvalue weighted by atomic mass is 10.1. The SMILES string of the molecule is C=CCN(CCc1c[nH]c2cccc(O)c12)C(C)C.Cl. The van der Waals surface area contributed by atoms with Crippen molar-refractivity contribution in [3.05, 3.63) is 42.6 Å². The third kappa shape index (κ3) is 3.56. The highest BCUT2D eigenvalue weighted by Gasteiger charge is 2.11. The smallest absolute Gasteiger partial charge is 0.125 e. The lowest BCUT2D eigenvalue weighted by Crippen LogP contribution is -2.32. The highest BCUT2D eigenvalue weighted by molar-refractivity contribution is 5.88. The lowest BCUT2D eigenvalue weighted by molar-refractivity contribution is 0.249. The van der Waals surface area contributed by atoms with Gasteiger partial charge in [-0.05, 0) is 38.0 Å². The molecule has 0 unspecified atom stereocenters. The summed E-state index contributed by atoms with van der Waals surface area (Å²) in [6.45, 7) is 10.0. The molecule has 2 aromatic rings. The van der Waals surface area contributed by atoms with Crippen LogP contribution in [0.15, 0.2) is 37.1 Å². The first-order valence-corrected chi connectivity index (χ1v) is 6.76. The number of benzene rings is 1. The molecule has 1 heterocycles. The molecule has 2 N–H and O–H groups in total. The van der Waals surface area contributed by atoms with Crippen molar-refractivity contribution in [3.8, 4) is 5.75 Å². The Labute approximate surface area is 126 Å². The van der Waals surface area contributed by atoms with Gasteiger partial charge in [0.2, 0.25) is 0 Å². The minimum Gasteiger partial charge on any atom is -0.507 e. The van der Waals surface area contributed by atoms with E-state index in [1.54, 1.807) is 6.07 Å². The fraction of sp³-hybridized carbons (Fsp3) is 0.375. The number of rotatable bonds is 6. The standard InChI is InChI=1S/C16H22N2O.ClH/c1-4-9-18(12(2)3)10-8-13-11-17-14-6-5-7-15(19)16(13)14;/h4-7,11-12,17,19H,1,8-10H2,2-3H3;1H. The van der Waals surface area contributed by atoms with Crippen molar-refractivity contribution < 1.29 is 5.11 Å². The second-order valence-corrected chi connectivity index (χ2v) is 5.14.